The van der Waals surface area contributed by atoms with Gasteiger partial charge in [0.2, 0.25) is 0 Å². The first-order valence-corrected chi connectivity index (χ1v) is 9.95. The maximum absolute atomic E-state index is 10.9. The molecule has 0 bridgehead atoms. The number of carbonyl (C=O) groups excluding carboxylic acids is 1. The van der Waals surface area contributed by atoms with Crippen molar-refractivity contribution in [2.24, 2.45) is 0 Å². The minimum atomic E-state index is -1.12. The molecule has 1 heterocycles. The number of aryl methyl sites for hydroxylation is 1. The monoisotopic (exact) mass is 356 g/mol. The Labute approximate surface area is 157 Å². The molecule has 0 amide bonds. The molecule has 2 rings (SSSR count). The van der Waals surface area contributed by atoms with Crippen LogP contribution in [-0.4, -0.2) is 10.5 Å². The number of carboxylic acid groups (broad SMARTS) is 1. The molecule has 0 atom stereocenters. The highest BCUT2D eigenvalue weighted by Gasteiger charge is 2.20. The fourth-order valence-corrected chi connectivity index (χ4v) is 3.50. The lowest BCUT2D eigenvalue weighted by Gasteiger charge is -2.07. The molecule has 26 heavy (non-hydrogen) atoms. The number of unbranched alkanes of at least 4 members (excludes halogenated alkanes) is 4. The maximum Gasteiger partial charge on any atom is 0.256 e. The van der Waals surface area contributed by atoms with Crippen molar-refractivity contribution in [1.29, 1.82) is 0 Å². The topological polar surface area (TPSA) is 48.9 Å². The van der Waals surface area contributed by atoms with Crippen LogP contribution in [0.1, 0.15) is 79.8 Å². The van der Waals surface area contributed by atoms with Gasteiger partial charge in [-0.3, -0.25) is 0 Å². The summed E-state index contributed by atoms with van der Waals surface area (Å²) in [5.74, 6) is 0.256. The second kappa shape index (κ2) is 10.1. The average Bonchev–Trinajstić information content (AvgIpc) is 2.91. The number of rotatable bonds is 11. The SMILES string of the molecule is CCCCCCCc1n(CCC)c(C)c[n+]1Cc1ccc(C(=O)[O-])cc1. The summed E-state index contributed by atoms with van der Waals surface area (Å²) in [5.41, 5.74) is 2.64. The fourth-order valence-electron chi connectivity index (χ4n) is 3.50. The number of hydrogen-bond acceptors (Lipinski definition) is 2. The van der Waals surface area contributed by atoms with Gasteiger partial charge in [0.25, 0.3) is 5.82 Å². The van der Waals surface area contributed by atoms with Crippen molar-refractivity contribution in [3.05, 3.63) is 53.1 Å². The molecule has 0 saturated heterocycles. The van der Waals surface area contributed by atoms with E-state index in [-0.39, 0.29) is 5.56 Å². The molecule has 0 aliphatic heterocycles. The van der Waals surface area contributed by atoms with Crippen molar-refractivity contribution in [1.82, 2.24) is 4.57 Å². The Morgan fingerprint density at radius 2 is 1.73 bits per heavy atom. The van der Waals surface area contributed by atoms with E-state index in [0.717, 1.165) is 31.5 Å². The minimum Gasteiger partial charge on any atom is -0.545 e. The number of carboxylic acids is 1. The highest BCUT2D eigenvalue weighted by atomic mass is 16.4. The predicted molar refractivity (Wildman–Crippen MR) is 102 cm³/mol. The third-order valence-electron chi connectivity index (χ3n) is 4.91. The number of benzene rings is 1. The van der Waals surface area contributed by atoms with Gasteiger partial charge in [-0.25, -0.2) is 9.13 Å². The summed E-state index contributed by atoms with van der Waals surface area (Å²) in [6.07, 6.45) is 10.8. The zero-order chi connectivity index (χ0) is 18.9. The molecule has 0 fully saturated rings. The summed E-state index contributed by atoms with van der Waals surface area (Å²) >= 11 is 0. The highest BCUT2D eigenvalue weighted by molar-refractivity contribution is 5.85. The lowest BCUT2D eigenvalue weighted by Crippen LogP contribution is -2.38. The van der Waals surface area contributed by atoms with Gasteiger partial charge in [0, 0.05) is 13.3 Å². The molecule has 0 unspecified atom stereocenters. The van der Waals surface area contributed by atoms with E-state index in [2.05, 4.69) is 36.1 Å². The Bertz CT molecular complexity index is 702. The van der Waals surface area contributed by atoms with Crippen molar-refractivity contribution < 1.29 is 14.5 Å². The van der Waals surface area contributed by atoms with Crippen molar-refractivity contribution in [2.45, 2.75) is 78.8 Å². The van der Waals surface area contributed by atoms with Crippen LogP contribution in [0.15, 0.2) is 30.5 Å². The zero-order valence-electron chi connectivity index (χ0n) is 16.5. The maximum atomic E-state index is 10.9. The first-order valence-electron chi connectivity index (χ1n) is 9.95. The quantitative estimate of drug-likeness (QED) is 0.457. The van der Waals surface area contributed by atoms with Gasteiger partial charge >= 0.3 is 0 Å². The van der Waals surface area contributed by atoms with Gasteiger partial charge in [-0.2, -0.15) is 0 Å². The number of carbonyl (C=O) groups is 1. The number of aromatic carboxylic acids is 1. The molecule has 0 radical (unpaired) electrons. The van der Waals surface area contributed by atoms with Crippen LogP contribution in [0.5, 0.6) is 0 Å². The zero-order valence-corrected chi connectivity index (χ0v) is 16.5. The van der Waals surface area contributed by atoms with Crippen LogP contribution in [-0.2, 0) is 19.5 Å². The molecule has 0 saturated carbocycles. The van der Waals surface area contributed by atoms with E-state index in [9.17, 15) is 9.90 Å². The number of aromatic nitrogens is 2. The van der Waals surface area contributed by atoms with E-state index in [1.165, 1.54) is 43.6 Å². The summed E-state index contributed by atoms with van der Waals surface area (Å²) in [5, 5.41) is 10.9. The number of nitrogens with zero attached hydrogens (tertiary/aromatic N) is 2. The van der Waals surface area contributed by atoms with Gasteiger partial charge in [-0.05, 0) is 24.0 Å². The number of hydrogen-bond donors (Lipinski definition) is 0. The molecule has 0 aliphatic carbocycles. The van der Waals surface area contributed by atoms with Crippen LogP contribution >= 0.6 is 0 Å². The minimum absolute atomic E-state index is 0.231. The van der Waals surface area contributed by atoms with E-state index >= 15 is 0 Å². The van der Waals surface area contributed by atoms with Gasteiger partial charge in [0.15, 0.2) is 0 Å². The van der Waals surface area contributed by atoms with Crippen LogP contribution in [0.4, 0.5) is 0 Å². The second-order valence-corrected chi connectivity index (χ2v) is 7.11. The van der Waals surface area contributed by atoms with Crippen LogP contribution in [0, 0.1) is 6.92 Å². The van der Waals surface area contributed by atoms with Gasteiger partial charge < -0.3 is 9.90 Å². The van der Waals surface area contributed by atoms with Crippen molar-refractivity contribution >= 4 is 5.97 Å². The summed E-state index contributed by atoms with van der Waals surface area (Å²) in [6, 6.07) is 7.03. The van der Waals surface area contributed by atoms with Crippen LogP contribution in [0.3, 0.4) is 0 Å². The third kappa shape index (κ3) is 5.45. The first-order chi connectivity index (χ1) is 12.6. The van der Waals surface area contributed by atoms with E-state index in [1.54, 1.807) is 12.1 Å². The Kier molecular flexibility index (Phi) is 7.89. The lowest BCUT2D eigenvalue weighted by molar-refractivity contribution is -0.695. The molecule has 2 aromatic rings. The van der Waals surface area contributed by atoms with Gasteiger partial charge in [0.05, 0.1) is 12.5 Å². The Balaban J connectivity index is 2.15. The third-order valence-corrected chi connectivity index (χ3v) is 4.91. The molecular weight excluding hydrogens is 324 g/mol. The normalized spacial score (nSPS) is 11.0. The standard InChI is InChI=1S/C22H32N2O2/c1-4-6-7-8-9-10-21-23(16-18(3)24(21)15-5-2)17-19-11-13-20(14-12-19)22(25)26/h11-14,16H,4-10,15,17H2,1-3H3. The molecule has 4 heteroatoms. The summed E-state index contributed by atoms with van der Waals surface area (Å²) in [7, 11) is 0. The Morgan fingerprint density at radius 3 is 2.35 bits per heavy atom. The molecule has 4 nitrogen and oxygen atoms in total. The molecule has 0 N–H and O–H groups in total. The highest BCUT2D eigenvalue weighted by Crippen LogP contribution is 2.12. The molecule has 1 aromatic heterocycles. The van der Waals surface area contributed by atoms with E-state index < -0.39 is 5.97 Å². The lowest BCUT2D eigenvalue weighted by atomic mass is 10.1. The Hall–Kier alpha value is -2.10. The van der Waals surface area contributed by atoms with Crippen molar-refractivity contribution in [3.8, 4) is 0 Å². The summed E-state index contributed by atoms with van der Waals surface area (Å²) < 4.78 is 4.77. The molecule has 1 aromatic carbocycles. The van der Waals surface area contributed by atoms with Gasteiger partial charge in [-0.15, -0.1) is 0 Å². The van der Waals surface area contributed by atoms with Crippen LogP contribution in [0.25, 0.3) is 0 Å². The fraction of sp³-hybridized carbons (Fsp3) is 0.545. The van der Waals surface area contributed by atoms with E-state index in [1.807, 2.05) is 12.1 Å². The van der Waals surface area contributed by atoms with Crippen molar-refractivity contribution in [3.63, 3.8) is 0 Å². The molecule has 142 valence electrons. The largest absolute Gasteiger partial charge is 0.545 e. The van der Waals surface area contributed by atoms with Crippen LogP contribution in [0.2, 0.25) is 0 Å². The van der Waals surface area contributed by atoms with Gasteiger partial charge in [0.1, 0.15) is 18.4 Å². The first kappa shape index (κ1) is 20.2. The van der Waals surface area contributed by atoms with Crippen LogP contribution < -0.4 is 9.67 Å². The van der Waals surface area contributed by atoms with Gasteiger partial charge in [-0.1, -0.05) is 63.8 Å². The smallest absolute Gasteiger partial charge is 0.256 e. The van der Waals surface area contributed by atoms with E-state index in [0.29, 0.717) is 0 Å². The Morgan fingerprint density at radius 1 is 1.04 bits per heavy atom. The summed E-state index contributed by atoms with van der Waals surface area (Å²) in [6.45, 7) is 8.46. The second-order valence-electron chi connectivity index (χ2n) is 7.11. The predicted octanol–water partition coefficient (Wildman–Crippen LogP) is 3.42. The average molecular weight is 357 g/mol. The number of imidazole rings is 1. The van der Waals surface area contributed by atoms with Crippen molar-refractivity contribution in [2.75, 3.05) is 0 Å². The summed E-state index contributed by atoms with van der Waals surface area (Å²) in [4.78, 5) is 10.9. The van der Waals surface area contributed by atoms with E-state index in [4.69, 9.17) is 0 Å². The molecular formula is C22H32N2O2. The molecule has 0 aliphatic rings. The molecule has 0 spiro atoms.